The van der Waals surface area contributed by atoms with Gasteiger partial charge in [-0.1, -0.05) is 35.9 Å². The molecule has 0 radical (unpaired) electrons. The Hall–Kier alpha value is -2.70. The van der Waals surface area contributed by atoms with Crippen molar-refractivity contribution in [3.05, 3.63) is 89.7 Å². The van der Waals surface area contributed by atoms with Gasteiger partial charge in [0, 0.05) is 12.7 Å². The van der Waals surface area contributed by atoms with Crippen LogP contribution in [0.5, 0.6) is 5.75 Å². The minimum atomic E-state index is -3.54. The molecule has 0 fully saturated rings. The lowest BCUT2D eigenvalue weighted by molar-refractivity contribution is 0.301. The number of aromatic nitrogens is 1. The lowest BCUT2D eigenvalue weighted by Crippen LogP contribution is -2.23. The van der Waals surface area contributed by atoms with E-state index in [4.69, 9.17) is 4.74 Å². The Morgan fingerprint density at radius 2 is 1.81 bits per heavy atom. The van der Waals surface area contributed by atoms with E-state index in [-0.39, 0.29) is 11.4 Å². The summed E-state index contributed by atoms with van der Waals surface area (Å²) in [6, 6.07) is 19.7. The van der Waals surface area contributed by atoms with Crippen LogP contribution < -0.4 is 9.46 Å². The number of sulfonamides is 1. The van der Waals surface area contributed by atoms with Crippen LogP contribution in [0.15, 0.2) is 77.8 Å². The maximum atomic E-state index is 12.4. The largest absolute Gasteiger partial charge is 0.487 e. The van der Waals surface area contributed by atoms with Gasteiger partial charge in [0.1, 0.15) is 12.4 Å². The Bertz CT molecular complexity index is 956. The third kappa shape index (κ3) is 4.91. The van der Waals surface area contributed by atoms with Crippen molar-refractivity contribution in [3.63, 3.8) is 0 Å². The number of rotatable bonds is 7. The average Bonchev–Trinajstić information content (AvgIpc) is 2.66. The first-order valence-electron chi connectivity index (χ1n) is 8.21. The number of ether oxygens (including phenoxy) is 1. The van der Waals surface area contributed by atoms with Crippen LogP contribution in [0.25, 0.3) is 0 Å². The highest BCUT2D eigenvalue weighted by molar-refractivity contribution is 7.89. The molecule has 1 heterocycles. The second-order valence-corrected chi connectivity index (χ2v) is 7.66. The number of benzene rings is 2. The van der Waals surface area contributed by atoms with Gasteiger partial charge in [-0.25, -0.2) is 13.1 Å². The molecule has 1 N–H and O–H groups in total. The van der Waals surface area contributed by atoms with E-state index in [1.807, 2.05) is 49.4 Å². The molecule has 0 saturated heterocycles. The predicted octanol–water partition coefficient (Wildman–Crippen LogP) is 3.45. The monoisotopic (exact) mass is 368 g/mol. The van der Waals surface area contributed by atoms with Gasteiger partial charge < -0.3 is 4.74 Å². The molecule has 1 aromatic heterocycles. The summed E-state index contributed by atoms with van der Waals surface area (Å²) in [7, 11) is -3.54. The maximum Gasteiger partial charge on any atom is 0.240 e. The Kier molecular flexibility index (Phi) is 5.65. The van der Waals surface area contributed by atoms with Crippen molar-refractivity contribution in [2.45, 2.75) is 25.0 Å². The van der Waals surface area contributed by atoms with Crippen molar-refractivity contribution in [2.75, 3.05) is 0 Å². The first kappa shape index (κ1) is 18.1. The second-order valence-electron chi connectivity index (χ2n) is 5.89. The lowest BCUT2D eigenvalue weighted by atomic mass is 10.2. The van der Waals surface area contributed by atoms with Crippen LogP contribution in [0.3, 0.4) is 0 Å². The summed E-state index contributed by atoms with van der Waals surface area (Å²) < 4.78 is 33.1. The zero-order chi connectivity index (χ0) is 18.4. The summed E-state index contributed by atoms with van der Waals surface area (Å²) >= 11 is 0. The topological polar surface area (TPSA) is 68.3 Å². The van der Waals surface area contributed by atoms with E-state index in [1.165, 1.54) is 0 Å². The van der Waals surface area contributed by atoms with Gasteiger partial charge in [0.15, 0.2) is 0 Å². The number of nitrogens with one attached hydrogen (secondary N) is 1. The first-order chi connectivity index (χ1) is 12.5. The molecule has 6 heteroatoms. The molecule has 3 rings (SSSR count). The molecule has 0 aliphatic rings. The highest BCUT2D eigenvalue weighted by Gasteiger charge is 2.13. The normalized spacial score (nSPS) is 11.3. The first-order valence-corrected chi connectivity index (χ1v) is 9.69. The Morgan fingerprint density at radius 1 is 1.00 bits per heavy atom. The van der Waals surface area contributed by atoms with E-state index in [0.717, 1.165) is 16.8 Å². The number of aryl methyl sites for hydroxylation is 1. The second kappa shape index (κ2) is 8.12. The van der Waals surface area contributed by atoms with Crippen LogP contribution >= 0.6 is 0 Å². The van der Waals surface area contributed by atoms with Crippen molar-refractivity contribution in [3.8, 4) is 5.75 Å². The average molecular weight is 368 g/mol. The molecule has 0 aliphatic carbocycles. The Balaban J connectivity index is 1.62. The molecule has 3 aromatic rings. The summed E-state index contributed by atoms with van der Waals surface area (Å²) in [6.07, 6.45) is 1.72. The zero-order valence-electron chi connectivity index (χ0n) is 14.4. The minimum absolute atomic E-state index is 0.191. The molecule has 26 heavy (non-hydrogen) atoms. The van der Waals surface area contributed by atoms with Crippen molar-refractivity contribution in [1.29, 1.82) is 0 Å². The minimum Gasteiger partial charge on any atom is -0.487 e. The van der Waals surface area contributed by atoms with E-state index in [9.17, 15) is 8.42 Å². The fraction of sp³-hybridized carbons (Fsp3) is 0.150. The third-order valence-electron chi connectivity index (χ3n) is 3.81. The van der Waals surface area contributed by atoms with Crippen LogP contribution in [-0.2, 0) is 23.2 Å². The van der Waals surface area contributed by atoms with Gasteiger partial charge in [0.05, 0.1) is 10.6 Å². The van der Waals surface area contributed by atoms with Crippen molar-refractivity contribution >= 4 is 10.0 Å². The van der Waals surface area contributed by atoms with Gasteiger partial charge in [0.2, 0.25) is 10.0 Å². The SMILES string of the molecule is Cc1ccc(S(=O)(=O)NCc2cccc(OCc3ccccn3)c2)cc1. The molecule has 2 aromatic carbocycles. The van der Waals surface area contributed by atoms with Crippen LogP contribution in [-0.4, -0.2) is 13.4 Å². The van der Waals surface area contributed by atoms with Crippen LogP contribution in [0.2, 0.25) is 0 Å². The molecule has 0 atom stereocenters. The lowest BCUT2D eigenvalue weighted by Gasteiger charge is -2.10. The van der Waals surface area contributed by atoms with Crippen molar-refractivity contribution < 1.29 is 13.2 Å². The van der Waals surface area contributed by atoms with Crippen LogP contribution in [0, 0.1) is 6.92 Å². The molecule has 5 nitrogen and oxygen atoms in total. The fourth-order valence-corrected chi connectivity index (χ4v) is 3.38. The standard InChI is InChI=1S/C20H20N2O3S/c1-16-8-10-20(11-9-16)26(23,24)22-14-17-5-4-7-19(13-17)25-15-18-6-2-3-12-21-18/h2-13,22H,14-15H2,1H3. The maximum absolute atomic E-state index is 12.4. The smallest absolute Gasteiger partial charge is 0.240 e. The molecule has 134 valence electrons. The summed E-state index contributed by atoms with van der Waals surface area (Å²) in [6.45, 7) is 2.47. The summed E-state index contributed by atoms with van der Waals surface area (Å²) in [5.41, 5.74) is 2.67. The number of hydrogen-bond acceptors (Lipinski definition) is 4. The number of nitrogens with zero attached hydrogens (tertiary/aromatic N) is 1. The third-order valence-corrected chi connectivity index (χ3v) is 5.23. The summed E-state index contributed by atoms with van der Waals surface area (Å²) in [5, 5.41) is 0. The molecule has 0 spiro atoms. The predicted molar refractivity (Wildman–Crippen MR) is 100 cm³/mol. The van der Waals surface area contributed by atoms with Crippen LogP contribution in [0.1, 0.15) is 16.8 Å². The van der Waals surface area contributed by atoms with Gasteiger partial charge in [-0.05, 0) is 48.9 Å². The molecule has 0 unspecified atom stereocenters. The van der Waals surface area contributed by atoms with Crippen molar-refractivity contribution in [2.24, 2.45) is 0 Å². The molecule has 0 aliphatic heterocycles. The molecular weight excluding hydrogens is 348 g/mol. The summed E-state index contributed by atoms with van der Waals surface area (Å²) in [4.78, 5) is 4.46. The molecule has 0 amide bonds. The quantitative estimate of drug-likeness (QED) is 0.694. The molecule has 0 bridgehead atoms. The highest BCUT2D eigenvalue weighted by Crippen LogP contribution is 2.16. The number of pyridine rings is 1. The Morgan fingerprint density at radius 3 is 2.54 bits per heavy atom. The van der Waals surface area contributed by atoms with E-state index in [2.05, 4.69) is 9.71 Å². The van der Waals surface area contributed by atoms with E-state index >= 15 is 0 Å². The van der Waals surface area contributed by atoms with Gasteiger partial charge in [0.25, 0.3) is 0 Å². The van der Waals surface area contributed by atoms with Gasteiger partial charge in [-0.15, -0.1) is 0 Å². The molecule has 0 saturated carbocycles. The molecular formula is C20H20N2O3S. The van der Waals surface area contributed by atoms with Crippen LogP contribution in [0.4, 0.5) is 0 Å². The van der Waals surface area contributed by atoms with E-state index < -0.39 is 10.0 Å². The van der Waals surface area contributed by atoms with E-state index in [1.54, 1.807) is 30.5 Å². The Labute approximate surface area is 153 Å². The highest BCUT2D eigenvalue weighted by atomic mass is 32.2. The van der Waals surface area contributed by atoms with E-state index in [0.29, 0.717) is 12.4 Å². The number of hydrogen-bond donors (Lipinski definition) is 1. The van der Waals surface area contributed by atoms with Gasteiger partial charge in [-0.3, -0.25) is 4.98 Å². The zero-order valence-corrected chi connectivity index (χ0v) is 15.2. The van der Waals surface area contributed by atoms with Gasteiger partial charge in [-0.2, -0.15) is 0 Å². The van der Waals surface area contributed by atoms with Crippen molar-refractivity contribution in [1.82, 2.24) is 9.71 Å². The summed E-state index contributed by atoms with van der Waals surface area (Å²) in [5.74, 6) is 0.669. The van der Waals surface area contributed by atoms with Gasteiger partial charge >= 0.3 is 0 Å². The fourth-order valence-electron chi connectivity index (χ4n) is 2.37.